The minimum Gasteiger partial charge on any atom is -0.493 e. The van der Waals surface area contributed by atoms with Crippen LogP contribution < -0.4 is 31.0 Å². The molecule has 0 aliphatic carbocycles. The molecule has 5 N–H and O–H groups in total. The van der Waals surface area contributed by atoms with E-state index < -0.39 is 11.8 Å². The molecule has 0 heterocycles. The third kappa shape index (κ3) is 3.74. The van der Waals surface area contributed by atoms with E-state index in [0.29, 0.717) is 28.6 Å². The second-order valence-electron chi connectivity index (χ2n) is 5.03. The molecule has 0 atom stereocenters. The van der Waals surface area contributed by atoms with Crippen LogP contribution in [0.1, 0.15) is 20.7 Å². The fourth-order valence-corrected chi connectivity index (χ4v) is 2.32. The average molecular weight is 345 g/mol. The minimum atomic E-state index is -0.647. The van der Waals surface area contributed by atoms with Crippen molar-refractivity contribution in [3.05, 3.63) is 41.5 Å². The zero-order valence-electron chi connectivity index (χ0n) is 14.1. The number of benzene rings is 2. The number of methoxy groups -OCH3 is 3. The van der Waals surface area contributed by atoms with Crippen molar-refractivity contribution in [2.45, 2.75) is 0 Å². The van der Waals surface area contributed by atoms with Crippen LogP contribution in [0.15, 0.2) is 30.3 Å². The first-order valence-corrected chi connectivity index (χ1v) is 7.22. The van der Waals surface area contributed by atoms with Crippen LogP contribution in [0.25, 0.3) is 0 Å². The molecule has 0 aromatic heterocycles. The van der Waals surface area contributed by atoms with E-state index in [1.807, 2.05) is 0 Å². The molecule has 0 aliphatic rings. The Morgan fingerprint density at radius 3 is 1.92 bits per heavy atom. The fourth-order valence-electron chi connectivity index (χ4n) is 2.32. The number of hydrogen-bond donors (Lipinski definition) is 3. The highest BCUT2D eigenvalue weighted by Gasteiger charge is 2.16. The molecule has 0 saturated heterocycles. The molecular formula is C17H19N3O5. The molecule has 0 spiro atoms. The van der Waals surface area contributed by atoms with Crippen LogP contribution in [-0.2, 0) is 0 Å². The third-order valence-corrected chi connectivity index (χ3v) is 3.51. The van der Waals surface area contributed by atoms with Gasteiger partial charge in [-0.15, -0.1) is 0 Å². The summed E-state index contributed by atoms with van der Waals surface area (Å²) in [6.07, 6.45) is 0. The first-order chi connectivity index (χ1) is 11.9. The molecule has 8 heteroatoms. The van der Waals surface area contributed by atoms with Crippen LogP contribution in [0.4, 0.5) is 11.4 Å². The van der Waals surface area contributed by atoms with E-state index >= 15 is 0 Å². The van der Waals surface area contributed by atoms with Gasteiger partial charge in [0.05, 0.1) is 32.6 Å². The average Bonchev–Trinajstić information content (AvgIpc) is 2.60. The predicted octanol–water partition coefficient (Wildman–Crippen LogP) is 1.65. The highest BCUT2D eigenvalue weighted by Crippen LogP contribution is 2.40. The van der Waals surface area contributed by atoms with Crippen molar-refractivity contribution < 1.29 is 23.8 Å². The maximum Gasteiger partial charge on any atom is 0.250 e. The highest BCUT2D eigenvalue weighted by molar-refractivity contribution is 6.02. The lowest BCUT2D eigenvalue weighted by molar-refractivity contribution is 0.0989. The van der Waals surface area contributed by atoms with Gasteiger partial charge in [0.2, 0.25) is 11.7 Å². The summed E-state index contributed by atoms with van der Waals surface area (Å²) in [5, 5.41) is 3.03. The molecule has 0 aliphatic heterocycles. The predicted molar refractivity (Wildman–Crippen MR) is 92.9 cm³/mol. The van der Waals surface area contributed by atoms with E-state index in [0.717, 1.165) is 0 Å². The fraction of sp³-hybridized carbons (Fsp3) is 0.176. The number of carbonyl (C=O) groups is 2. The van der Waals surface area contributed by atoms with Gasteiger partial charge in [0, 0.05) is 23.4 Å². The second-order valence-corrected chi connectivity index (χ2v) is 5.03. The number of hydrogen-bond acceptors (Lipinski definition) is 6. The van der Waals surface area contributed by atoms with Gasteiger partial charge in [0.25, 0.3) is 5.91 Å². The maximum atomic E-state index is 11.6. The summed E-state index contributed by atoms with van der Waals surface area (Å²) in [5.74, 6) is 0.0125. The van der Waals surface area contributed by atoms with Crippen LogP contribution in [0.3, 0.4) is 0 Å². The Kier molecular flexibility index (Phi) is 5.33. The van der Waals surface area contributed by atoms with E-state index in [4.69, 9.17) is 25.7 Å². The van der Waals surface area contributed by atoms with Crippen molar-refractivity contribution in [1.82, 2.24) is 0 Å². The van der Waals surface area contributed by atoms with Gasteiger partial charge >= 0.3 is 0 Å². The molecular weight excluding hydrogens is 326 g/mol. The molecule has 132 valence electrons. The van der Waals surface area contributed by atoms with Crippen molar-refractivity contribution >= 4 is 23.2 Å². The zero-order chi connectivity index (χ0) is 18.6. The molecule has 2 rings (SSSR count). The SMILES string of the molecule is COc1cc(Nc2cc(C(N)=O)ccc2C(N)=O)cc(OC)c1OC. The van der Waals surface area contributed by atoms with Gasteiger partial charge < -0.3 is 31.0 Å². The normalized spacial score (nSPS) is 10.0. The van der Waals surface area contributed by atoms with Crippen LogP contribution in [0, 0.1) is 0 Å². The zero-order valence-corrected chi connectivity index (χ0v) is 14.1. The summed E-state index contributed by atoms with van der Waals surface area (Å²) in [6.45, 7) is 0. The van der Waals surface area contributed by atoms with Crippen molar-refractivity contribution in [2.75, 3.05) is 26.6 Å². The molecule has 0 fully saturated rings. The van der Waals surface area contributed by atoms with Gasteiger partial charge in [-0.05, 0) is 18.2 Å². The Morgan fingerprint density at radius 1 is 0.880 bits per heavy atom. The maximum absolute atomic E-state index is 11.6. The topological polar surface area (TPSA) is 126 Å². The molecule has 2 aromatic carbocycles. The summed E-state index contributed by atoms with van der Waals surface area (Å²) >= 11 is 0. The molecule has 2 amide bonds. The summed E-state index contributed by atoms with van der Waals surface area (Å²) in [7, 11) is 4.47. The quantitative estimate of drug-likeness (QED) is 0.700. The van der Waals surface area contributed by atoms with Crippen LogP contribution in [0.2, 0.25) is 0 Å². The van der Waals surface area contributed by atoms with Crippen LogP contribution in [0.5, 0.6) is 17.2 Å². The minimum absolute atomic E-state index is 0.207. The van der Waals surface area contributed by atoms with Gasteiger partial charge in [-0.1, -0.05) is 0 Å². The van der Waals surface area contributed by atoms with Crippen LogP contribution in [-0.4, -0.2) is 33.1 Å². The van der Waals surface area contributed by atoms with E-state index in [1.165, 1.54) is 39.5 Å². The Balaban J connectivity index is 2.53. The number of amides is 2. The van der Waals surface area contributed by atoms with Gasteiger partial charge in [0.15, 0.2) is 11.5 Å². The Hall–Kier alpha value is -3.42. The molecule has 0 radical (unpaired) electrons. The summed E-state index contributed by atoms with van der Waals surface area (Å²) in [6, 6.07) is 7.63. The number of ether oxygens (including phenoxy) is 3. The lowest BCUT2D eigenvalue weighted by Gasteiger charge is -2.16. The smallest absolute Gasteiger partial charge is 0.250 e. The lowest BCUT2D eigenvalue weighted by atomic mass is 10.1. The molecule has 2 aromatic rings. The molecule has 8 nitrogen and oxygen atoms in total. The number of rotatable bonds is 7. The molecule has 0 bridgehead atoms. The van der Waals surface area contributed by atoms with Crippen molar-refractivity contribution in [3.8, 4) is 17.2 Å². The van der Waals surface area contributed by atoms with E-state index in [-0.39, 0.29) is 11.1 Å². The Labute approximate surface area is 144 Å². The van der Waals surface area contributed by atoms with Gasteiger partial charge in [0.1, 0.15) is 0 Å². The number of nitrogens with one attached hydrogen (secondary N) is 1. The summed E-state index contributed by atoms with van der Waals surface area (Å²) < 4.78 is 15.8. The van der Waals surface area contributed by atoms with Crippen LogP contribution >= 0.6 is 0 Å². The standard InChI is InChI=1S/C17H19N3O5/c1-23-13-7-10(8-14(24-2)15(13)25-3)20-12-6-9(16(18)21)4-5-11(12)17(19)22/h4-8,20H,1-3H3,(H2,18,21)(H2,19,22). The highest BCUT2D eigenvalue weighted by atomic mass is 16.5. The number of carbonyl (C=O) groups excluding carboxylic acids is 2. The summed E-state index contributed by atoms with van der Waals surface area (Å²) in [5.41, 5.74) is 12.0. The molecule has 0 unspecified atom stereocenters. The number of anilines is 2. The van der Waals surface area contributed by atoms with Crippen molar-refractivity contribution in [3.63, 3.8) is 0 Å². The van der Waals surface area contributed by atoms with Crippen molar-refractivity contribution in [2.24, 2.45) is 11.5 Å². The number of nitrogens with two attached hydrogens (primary N) is 2. The van der Waals surface area contributed by atoms with Crippen molar-refractivity contribution in [1.29, 1.82) is 0 Å². The van der Waals surface area contributed by atoms with Gasteiger partial charge in [-0.2, -0.15) is 0 Å². The lowest BCUT2D eigenvalue weighted by Crippen LogP contribution is -2.16. The largest absolute Gasteiger partial charge is 0.493 e. The molecule has 0 saturated carbocycles. The van der Waals surface area contributed by atoms with Gasteiger partial charge in [-0.3, -0.25) is 9.59 Å². The summed E-state index contributed by atoms with van der Waals surface area (Å²) in [4.78, 5) is 23.0. The second kappa shape index (κ2) is 7.43. The van der Waals surface area contributed by atoms with E-state index in [9.17, 15) is 9.59 Å². The molecule has 25 heavy (non-hydrogen) atoms. The van der Waals surface area contributed by atoms with Gasteiger partial charge in [-0.25, -0.2) is 0 Å². The Morgan fingerprint density at radius 2 is 1.48 bits per heavy atom. The Bertz CT molecular complexity index is 795. The first kappa shape index (κ1) is 17.9. The van der Waals surface area contributed by atoms with E-state index in [1.54, 1.807) is 12.1 Å². The first-order valence-electron chi connectivity index (χ1n) is 7.22. The monoisotopic (exact) mass is 345 g/mol. The number of primary amides is 2. The third-order valence-electron chi connectivity index (χ3n) is 3.51. The van der Waals surface area contributed by atoms with E-state index in [2.05, 4.69) is 5.32 Å².